The summed E-state index contributed by atoms with van der Waals surface area (Å²) in [4.78, 5) is 55.3. The first-order chi connectivity index (χ1) is 21.7. The Hall–Kier alpha value is -4.82. The summed E-state index contributed by atoms with van der Waals surface area (Å²) in [5.74, 6) is -1.09. The summed E-state index contributed by atoms with van der Waals surface area (Å²) >= 11 is 14.3. The SMILES string of the molecule is O=C(COc1ccc(Cl)cc1Cl)N/N=C\c1ccc(Sc2nc3ccc(N4C(=O)c5ccccc5C4=O)cc3s2)c([N+](=O)[O-])c1. The number of imide groups is 1. The van der Waals surface area contributed by atoms with Crippen molar-refractivity contribution in [1.82, 2.24) is 10.4 Å². The molecule has 3 amide bonds. The lowest BCUT2D eigenvalue weighted by atomic mass is 10.1. The standard InChI is InChI=1S/C30H17Cl2N5O6S2/c31-17-6-9-24(21(32)12-17)43-15-27(38)35-33-14-16-5-10-25(23(11-16)37(41)42)44-30-34-22-8-7-18(13-26(22)45-30)36-28(39)19-3-1-2-4-20(19)29(36)40/h1-14H,15H2,(H,35,38)/b33-14-. The lowest BCUT2D eigenvalue weighted by molar-refractivity contribution is -0.387. The molecule has 1 aliphatic rings. The number of hydrazone groups is 1. The minimum absolute atomic E-state index is 0.179. The van der Waals surface area contributed by atoms with Gasteiger partial charge in [0.2, 0.25) is 0 Å². The Bertz CT molecular complexity index is 2030. The normalized spacial score (nSPS) is 12.6. The van der Waals surface area contributed by atoms with Gasteiger partial charge in [-0.25, -0.2) is 15.3 Å². The van der Waals surface area contributed by atoms with Crippen molar-refractivity contribution >= 4 is 91.8 Å². The van der Waals surface area contributed by atoms with Crippen LogP contribution in [0.4, 0.5) is 11.4 Å². The quantitative estimate of drug-likeness (QED) is 0.0760. The fraction of sp³-hybridized carbons (Fsp3) is 0.0333. The fourth-order valence-electron chi connectivity index (χ4n) is 4.38. The van der Waals surface area contributed by atoms with Crippen LogP contribution in [0.5, 0.6) is 5.75 Å². The van der Waals surface area contributed by atoms with E-state index < -0.39 is 22.6 Å². The molecule has 45 heavy (non-hydrogen) atoms. The molecule has 224 valence electrons. The van der Waals surface area contributed by atoms with E-state index in [1.54, 1.807) is 60.7 Å². The van der Waals surface area contributed by atoms with Crippen LogP contribution in [0.25, 0.3) is 10.2 Å². The molecule has 4 aromatic carbocycles. The number of nitrogens with one attached hydrogen (secondary N) is 1. The summed E-state index contributed by atoms with van der Waals surface area (Å²) in [5, 5.41) is 16.4. The number of ether oxygens (including phenoxy) is 1. The molecule has 2 heterocycles. The lowest BCUT2D eigenvalue weighted by Crippen LogP contribution is -2.29. The zero-order chi connectivity index (χ0) is 31.7. The Morgan fingerprint density at radius 3 is 2.51 bits per heavy atom. The van der Waals surface area contributed by atoms with Crippen molar-refractivity contribution in [2.45, 2.75) is 9.24 Å². The first-order valence-corrected chi connectivity index (χ1v) is 15.3. The number of carbonyl (C=O) groups is 3. The van der Waals surface area contributed by atoms with Gasteiger partial charge in [0.15, 0.2) is 10.9 Å². The van der Waals surface area contributed by atoms with Gasteiger partial charge in [0.1, 0.15) is 5.75 Å². The molecule has 0 aliphatic carbocycles. The van der Waals surface area contributed by atoms with Gasteiger partial charge in [0.05, 0.1) is 48.1 Å². The highest BCUT2D eigenvalue weighted by atomic mass is 35.5. The second-order valence-electron chi connectivity index (χ2n) is 9.37. The Morgan fingerprint density at radius 1 is 1.04 bits per heavy atom. The molecule has 0 saturated carbocycles. The fourth-order valence-corrected chi connectivity index (χ4v) is 6.99. The number of rotatable bonds is 9. The number of aromatic nitrogens is 1. The number of hydrogen-bond acceptors (Lipinski definition) is 10. The van der Waals surface area contributed by atoms with E-state index in [2.05, 4.69) is 15.5 Å². The van der Waals surface area contributed by atoms with E-state index in [1.807, 2.05) is 0 Å². The van der Waals surface area contributed by atoms with Crippen LogP contribution in [0.1, 0.15) is 26.3 Å². The van der Waals surface area contributed by atoms with E-state index in [9.17, 15) is 24.5 Å². The zero-order valence-corrected chi connectivity index (χ0v) is 25.7. The number of halogens is 2. The molecule has 0 radical (unpaired) electrons. The average Bonchev–Trinajstić information content (AvgIpc) is 3.53. The van der Waals surface area contributed by atoms with Gasteiger partial charge >= 0.3 is 0 Å². The van der Waals surface area contributed by atoms with E-state index >= 15 is 0 Å². The number of nitro groups is 1. The van der Waals surface area contributed by atoms with Gasteiger partial charge in [-0.2, -0.15) is 5.10 Å². The van der Waals surface area contributed by atoms with Crippen LogP contribution in [0.2, 0.25) is 10.0 Å². The predicted octanol–water partition coefficient (Wildman–Crippen LogP) is 6.99. The summed E-state index contributed by atoms with van der Waals surface area (Å²) in [7, 11) is 0. The first-order valence-electron chi connectivity index (χ1n) is 12.9. The molecule has 11 nitrogen and oxygen atoms in total. The lowest BCUT2D eigenvalue weighted by Gasteiger charge is -2.13. The van der Waals surface area contributed by atoms with Gasteiger partial charge in [0.25, 0.3) is 23.4 Å². The molecule has 0 bridgehead atoms. The average molecular weight is 679 g/mol. The molecule has 15 heteroatoms. The van der Waals surface area contributed by atoms with Crippen LogP contribution in [0.3, 0.4) is 0 Å². The third-order valence-corrected chi connectivity index (χ3v) is 9.11. The number of anilines is 1. The number of nitro benzene ring substituents is 1. The van der Waals surface area contributed by atoms with E-state index in [-0.39, 0.29) is 23.1 Å². The molecular formula is C30H17Cl2N5O6S2. The van der Waals surface area contributed by atoms with Gasteiger partial charge in [0, 0.05) is 16.7 Å². The van der Waals surface area contributed by atoms with Gasteiger partial charge in [-0.1, -0.05) is 53.2 Å². The van der Waals surface area contributed by atoms with Gasteiger partial charge in [-0.15, -0.1) is 11.3 Å². The Balaban J connectivity index is 1.13. The number of carbonyl (C=O) groups excluding carboxylic acids is 3. The number of benzene rings is 4. The first kappa shape index (κ1) is 30.2. The number of hydrogen-bond donors (Lipinski definition) is 1. The molecule has 5 aromatic rings. The van der Waals surface area contributed by atoms with Gasteiger partial charge in [-0.3, -0.25) is 24.5 Å². The molecule has 0 spiro atoms. The second kappa shape index (κ2) is 12.7. The van der Waals surface area contributed by atoms with E-state index in [4.69, 9.17) is 27.9 Å². The van der Waals surface area contributed by atoms with E-state index in [0.717, 1.165) is 16.7 Å². The summed E-state index contributed by atoms with van der Waals surface area (Å²) in [6.07, 6.45) is 1.27. The molecular weight excluding hydrogens is 661 g/mol. The van der Waals surface area contributed by atoms with Crippen molar-refractivity contribution < 1.29 is 24.0 Å². The smallest absolute Gasteiger partial charge is 0.283 e. The molecule has 0 saturated heterocycles. The van der Waals surface area contributed by atoms with Crippen molar-refractivity contribution in [1.29, 1.82) is 0 Å². The Morgan fingerprint density at radius 2 is 1.80 bits per heavy atom. The monoisotopic (exact) mass is 677 g/mol. The maximum atomic E-state index is 12.9. The molecule has 6 rings (SSSR count). The second-order valence-corrected chi connectivity index (χ2v) is 12.5. The Kier molecular flexibility index (Phi) is 8.50. The summed E-state index contributed by atoms with van der Waals surface area (Å²) in [6, 6.07) is 20.8. The van der Waals surface area contributed by atoms with Gasteiger partial charge in [-0.05, 0) is 54.6 Å². The van der Waals surface area contributed by atoms with Crippen molar-refractivity contribution in [2.75, 3.05) is 11.5 Å². The highest BCUT2D eigenvalue weighted by molar-refractivity contribution is 8.01. The maximum Gasteiger partial charge on any atom is 0.283 e. The van der Waals surface area contributed by atoms with Crippen molar-refractivity contribution in [3.05, 3.63) is 116 Å². The molecule has 0 fully saturated rings. The maximum absolute atomic E-state index is 12.9. The van der Waals surface area contributed by atoms with Crippen LogP contribution < -0.4 is 15.1 Å². The topological polar surface area (TPSA) is 144 Å². The highest BCUT2D eigenvalue weighted by Crippen LogP contribution is 2.40. The summed E-state index contributed by atoms with van der Waals surface area (Å²) < 4.78 is 6.58. The highest BCUT2D eigenvalue weighted by Gasteiger charge is 2.36. The van der Waals surface area contributed by atoms with Crippen molar-refractivity contribution in [3.8, 4) is 5.75 Å². The largest absolute Gasteiger partial charge is 0.482 e. The molecule has 0 unspecified atom stereocenters. The van der Waals surface area contributed by atoms with Crippen LogP contribution >= 0.6 is 46.3 Å². The van der Waals surface area contributed by atoms with Crippen LogP contribution in [0.15, 0.2) is 93.2 Å². The van der Waals surface area contributed by atoms with Crippen LogP contribution in [0, 0.1) is 10.1 Å². The molecule has 1 aliphatic heterocycles. The summed E-state index contributed by atoms with van der Waals surface area (Å²) in [6.45, 7) is -0.365. The predicted molar refractivity (Wildman–Crippen MR) is 172 cm³/mol. The summed E-state index contributed by atoms with van der Waals surface area (Å²) in [5.41, 5.74) is 4.22. The number of thiazole rings is 1. The third-order valence-electron chi connectivity index (χ3n) is 6.44. The minimum Gasteiger partial charge on any atom is -0.482 e. The number of fused-ring (bicyclic) bond motifs is 2. The van der Waals surface area contributed by atoms with Crippen LogP contribution in [-0.4, -0.2) is 40.5 Å². The van der Waals surface area contributed by atoms with Crippen molar-refractivity contribution in [3.63, 3.8) is 0 Å². The molecule has 1 aromatic heterocycles. The number of amides is 3. The molecule has 0 atom stereocenters. The minimum atomic E-state index is -0.569. The Labute approximate surface area is 272 Å². The van der Waals surface area contributed by atoms with E-state index in [1.165, 1.54) is 35.8 Å². The number of nitrogens with zero attached hydrogens (tertiary/aromatic N) is 4. The zero-order valence-electron chi connectivity index (χ0n) is 22.6. The molecule has 1 N–H and O–H groups in total. The van der Waals surface area contributed by atoms with E-state index in [0.29, 0.717) is 46.9 Å². The third kappa shape index (κ3) is 6.37. The van der Waals surface area contributed by atoms with Gasteiger partial charge < -0.3 is 4.74 Å². The van der Waals surface area contributed by atoms with Crippen LogP contribution in [-0.2, 0) is 4.79 Å². The van der Waals surface area contributed by atoms with Crippen molar-refractivity contribution in [2.24, 2.45) is 5.10 Å².